The molecule has 0 aliphatic carbocycles. The van der Waals surface area contributed by atoms with Gasteiger partial charge in [0, 0.05) is 26.2 Å². The third-order valence-electron chi connectivity index (χ3n) is 4.58. The fourth-order valence-corrected chi connectivity index (χ4v) is 3.23. The minimum Gasteiger partial charge on any atom is -0.493 e. The molecule has 1 unspecified atom stereocenters. The zero-order valence-electron chi connectivity index (χ0n) is 16.6. The monoisotopic (exact) mass is 378 g/mol. The zero-order valence-corrected chi connectivity index (χ0v) is 16.6. The van der Waals surface area contributed by atoms with E-state index in [-0.39, 0.29) is 18.1 Å². The minimum atomic E-state index is -0.285. The summed E-state index contributed by atoms with van der Waals surface area (Å²) in [6, 6.07) is 3.19. The molecule has 1 heterocycles. The van der Waals surface area contributed by atoms with Gasteiger partial charge in [-0.1, -0.05) is 6.92 Å². The van der Waals surface area contributed by atoms with Crippen LogP contribution in [0.3, 0.4) is 0 Å². The van der Waals surface area contributed by atoms with Crippen LogP contribution >= 0.6 is 0 Å². The van der Waals surface area contributed by atoms with Crippen LogP contribution in [0, 0.1) is 0 Å². The number of urea groups is 2. The summed E-state index contributed by atoms with van der Waals surface area (Å²) in [5, 5.41) is 8.52. The van der Waals surface area contributed by atoms with Crippen molar-refractivity contribution in [2.24, 2.45) is 0 Å². The highest BCUT2D eigenvalue weighted by atomic mass is 16.5. The van der Waals surface area contributed by atoms with Crippen LogP contribution in [0.5, 0.6) is 11.5 Å². The number of amides is 4. The Hall–Kier alpha value is -2.64. The van der Waals surface area contributed by atoms with Crippen molar-refractivity contribution in [3.8, 4) is 11.5 Å². The molecule has 0 fully saturated rings. The molecule has 0 radical (unpaired) electrons. The van der Waals surface area contributed by atoms with Crippen molar-refractivity contribution < 1.29 is 19.1 Å². The molecule has 0 saturated heterocycles. The van der Waals surface area contributed by atoms with Crippen molar-refractivity contribution in [1.29, 1.82) is 0 Å². The Balaban J connectivity index is 2.30. The maximum Gasteiger partial charge on any atom is 0.317 e. The summed E-state index contributed by atoms with van der Waals surface area (Å²) in [5.74, 6) is 1.27. The normalized spacial score (nSPS) is 15.6. The molecule has 8 nitrogen and oxygen atoms in total. The van der Waals surface area contributed by atoms with Crippen molar-refractivity contribution in [2.45, 2.75) is 32.7 Å². The van der Waals surface area contributed by atoms with Crippen LogP contribution in [-0.4, -0.2) is 57.4 Å². The first-order valence-electron chi connectivity index (χ1n) is 9.36. The molecule has 1 aromatic carbocycles. The summed E-state index contributed by atoms with van der Waals surface area (Å²) in [6.45, 7) is 5.92. The number of nitrogens with zero attached hydrogens (tertiary/aromatic N) is 1. The van der Waals surface area contributed by atoms with E-state index in [0.29, 0.717) is 44.1 Å². The van der Waals surface area contributed by atoms with Gasteiger partial charge in [0.2, 0.25) is 0 Å². The van der Waals surface area contributed by atoms with E-state index < -0.39 is 0 Å². The summed E-state index contributed by atoms with van der Waals surface area (Å²) < 4.78 is 10.8. The van der Waals surface area contributed by atoms with Gasteiger partial charge in [0.15, 0.2) is 11.5 Å². The molecule has 1 atom stereocenters. The topological polar surface area (TPSA) is 91.9 Å². The third-order valence-corrected chi connectivity index (χ3v) is 4.58. The van der Waals surface area contributed by atoms with Crippen molar-refractivity contribution >= 4 is 12.1 Å². The van der Waals surface area contributed by atoms with Crippen LogP contribution < -0.4 is 25.4 Å². The van der Waals surface area contributed by atoms with E-state index in [1.165, 1.54) is 0 Å². The van der Waals surface area contributed by atoms with E-state index in [1.807, 2.05) is 26.0 Å². The molecular weight excluding hydrogens is 348 g/mol. The minimum absolute atomic E-state index is 0.140. The number of carbonyl (C=O) groups excluding carboxylic acids is 2. The van der Waals surface area contributed by atoms with Gasteiger partial charge in [-0.2, -0.15) is 0 Å². The first kappa shape index (κ1) is 20.7. The number of methoxy groups -OCH3 is 2. The second-order valence-corrected chi connectivity index (χ2v) is 6.34. The highest BCUT2D eigenvalue weighted by molar-refractivity contribution is 5.76. The lowest BCUT2D eigenvalue weighted by Crippen LogP contribution is -2.50. The molecule has 1 aromatic rings. The number of ether oxygens (including phenoxy) is 2. The van der Waals surface area contributed by atoms with Crippen molar-refractivity contribution in [2.75, 3.05) is 40.4 Å². The van der Waals surface area contributed by atoms with E-state index in [2.05, 4.69) is 16.0 Å². The standard InChI is InChI=1S/C19H30N4O4/c1-5-8-21-18(24)22-12-15-14-11-17(27-4)16(26-3)10-13(14)7-9-23(15)19(25)20-6-2/h10-11,15H,5-9,12H2,1-4H3,(H,20,25)(H2,21,22,24). The molecule has 2 rings (SSSR count). The van der Waals surface area contributed by atoms with Crippen LogP contribution in [0.4, 0.5) is 9.59 Å². The molecule has 0 aromatic heterocycles. The lowest BCUT2D eigenvalue weighted by molar-refractivity contribution is 0.167. The molecule has 1 aliphatic rings. The first-order valence-corrected chi connectivity index (χ1v) is 9.36. The summed E-state index contributed by atoms with van der Waals surface area (Å²) in [4.78, 5) is 26.3. The van der Waals surface area contributed by atoms with E-state index in [4.69, 9.17) is 9.47 Å². The second kappa shape index (κ2) is 9.89. The van der Waals surface area contributed by atoms with Crippen molar-refractivity contribution in [1.82, 2.24) is 20.9 Å². The number of nitrogens with one attached hydrogen (secondary N) is 3. The molecule has 0 bridgehead atoms. The third kappa shape index (κ3) is 4.96. The Morgan fingerprint density at radius 2 is 1.81 bits per heavy atom. The van der Waals surface area contributed by atoms with Gasteiger partial charge in [-0.3, -0.25) is 0 Å². The van der Waals surface area contributed by atoms with Crippen LogP contribution in [0.1, 0.15) is 37.4 Å². The number of fused-ring (bicyclic) bond motifs is 1. The highest BCUT2D eigenvalue weighted by Crippen LogP contribution is 2.37. The lowest BCUT2D eigenvalue weighted by Gasteiger charge is -2.37. The number of benzene rings is 1. The van der Waals surface area contributed by atoms with Gasteiger partial charge < -0.3 is 30.3 Å². The maximum absolute atomic E-state index is 12.5. The van der Waals surface area contributed by atoms with Crippen molar-refractivity contribution in [3.63, 3.8) is 0 Å². The van der Waals surface area contributed by atoms with Gasteiger partial charge in [-0.15, -0.1) is 0 Å². The van der Waals surface area contributed by atoms with Gasteiger partial charge in [0.1, 0.15) is 0 Å². The average molecular weight is 378 g/mol. The molecule has 4 amide bonds. The largest absolute Gasteiger partial charge is 0.493 e. The van der Waals surface area contributed by atoms with Gasteiger partial charge in [-0.05, 0) is 43.0 Å². The molecule has 150 valence electrons. The van der Waals surface area contributed by atoms with E-state index >= 15 is 0 Å². The Labute approximate surface area is 160 Å². The predicted molar refractivity (Wildman–Crippen MR) is 103 cm³/mol. The highest BCUT2D eigenvalue weighted by Gasteiger charge is 2.32. The molecule has 3 N–H and O–H groups in total. The molecule has 0 spiro atoms. The zero-order chi connectivity index (χ0) is 19.8. The van der Waals surface area contributed by atoms with Gasteiger partial charge in [0.25, 0.3) is 0 Å². The molecule has 8 heteroatoms. The van der Waals surface area contributed by atoms with Crippen LogP contribution in [0.2, 0.25) is 0 Å². The first-order chi connectivity index (χ1) is 13.0. The van der Waals surface area contributed by atoms with E-state index in [9.17, 15) is 9.59 Å². The van der Waals surface area contributed by atoms with Crippen LogP contribution in [0.25, 0.3) is 0 Å². The lowest BCUT2D eigenvalue weighted by atomic mass is 9.92. The number of hydrogen-bond acceptors (Lipinski definition) is 4. The van der Waals surface area contributed by atoms with Crippen molar-refractivity contribution in [3.05, 3.63) is 23.3 Å². The van der Waals surface area contributed by atoms with Crippen LogP contribution in [0.15, 0.2) is 12.1 Å². The molecule has 27 heavy (non-hydrogen) atoms. The summed E-state index contributed by atoms with van der Waals surface area (Å²) >= 11 is 0. The molecular formula is C19H30N4O4. The number of carbonyl (C=O) groups is 2. The smallest absolute Gasteiger partial charge is 0.317 e. The Bertz CT molecular complexity index is 665. The van der Waals surface area contributed by atoms with E-state index in [1.54, 1.807) is 19.1 Å². The average Bonchev–Trinajstić information content (AvgIpc) is 2.69. The number of rotatable bonds is 7. The number of hydrogen-bond donors (Lipinski definition) is 3. The second-order valence-electron chi connectivity index (χ2n) is 6.34. The SMILES string of the molecule is CCCNC(=O)NCC1c2cc(OC)c(OC)cc2CCN1C(=O)NCC. The Morgan fingerprint density at radius 1 is 1.11 bits per heavy atom. The fraction of sp³-hybridized carbons (Fsp3) is 0.579. The van der Waals surface area contributed by atoms with Crippen LogP contribution in [-0.2, 0) is 6.42 Å². The summed E-state index contributed by atoms with van der Waals surface area (Å²) in [6.07, 6.45) is 1.58. The summed E-state index contributed by atoms with van der Waals surface area (Å²) in [5.41, 5.74) is 2.05. The maximum atomic E-state index is 12.5. The van der Waals surface area contributed by atoms with Gasteiger partial charge in [0.05, 0.1) is 20.3 Å². The fourth-order valence-electron chi connectivity index (χ4n) is 3.23. The Morgan fingerprint density at radius 3 is 2.44 bits per heavy atom. The predicted octanol–water partition coefficient (Wildman–Crippen LogP) is 2.04. The van der Waals surface area contributed by atoms with E-state index in [0.717, 1.165) is 17.5 Å². The molecule has 0 saturated carbocycles. The molecule has 1 aliphatic heterocycles. The Kier molecular flexibility index (Phi) is 7.57. The van der Waals surface area contributed by atoms with Gasteiger partial charge in [-0.25, -0.2) is 9.59 Å². The van der Waals surface area contributed by atoms with Gasteiger partial charge >= 0.3 is 12.1 Å². The summed E-state index contributed by atoms with van der Waals surface area (Å²) in [7, 11) is 3.19. The quantitative estimate of drug-likeness (QED) is 0.677.